The first-order valence-corrected chi connectivity index (χ1v) is 8.66. The van der Waals surface area contributed by atoms with Crippen molar-refractivity contribution in [3.8, 4) is 0 Å². The largest absolute Gasteiger partial charge is 0.316 e. The van der Waals surface area contributed by atoms with Gasteiger partial charge in [-0.2, -0.15) is 4.31 Å². The van der Waals surface area contributed by atoms with Crippen molar-refractivity contribution < 1.29 is 8.42 Å². The number of benzene rings is 1. The molecule has 0 aliphatic carbocycles. The second-order valence-electron chi connectivity index (χ2n) is 4.92. The van der Waals surface area contributed by atoms with Crippen LogP contribution in [0.5, 0.6) is 0 Å². The maximum Gasteiger partial charge on any atom is 0.243 e. The van der Waals surface area contributed by atoms with E-state index >= 15 is 0 Å². The predicted molar refractivity (Wildman–Crippen MR) is 83.3 cm³/mol. The number of nitrogens with zero attached hydrogens (tertiary/aromatic N) is 1. The summed E-state index contributed by atoms with van der Waals surface area (Å²) < 4.78 is 27.1. The van der Waals surface area contributed by atoms with E-state index in [2.05, 4.69) is 12.2 Å². The highest BCUT2D eigenvalue weighted by Crippen LogP contribution is 2.23. The van der Waals surface area contributed by atoms with E-state index in [1.54, 1.807) is 10.4 Å². The molecule has 1 aromatic carbocycles. The number of rotatable bonds is 8. The lowest BCUT2D eigenvalue weighted by atomic mass is 10.1. The van der Waals surface area contributed by atoms with E-state index in [1.807, 2.05) is 33.0 Å². The van der Waals surface area contributed by atoms with Crippen LogP contribution in [0, 0.1) is 6.92 Å². The number of sulfonamides is 1. The van der Waals surface area contributed by atoms with Crippen molar-refractivity contribution in [3.63, 3.8) is 0 Å². The molecule has 0 unspecified atom stereocenters. The molecule has 0 heterocycles. The second kappa shape index (κ2) is 7.76. The van der Waals surface area contributed by atoms with Gasteiger partial charge in [-0.3, -0.25) is 0 Å². The third kappa shape index (κ3) is 3.81. The molecular formula is C15H26N2O2S. The number of hydrogen-bond donors (Lipinski definition) is 1. The van der Waals surface area contributed by atoms with Gasteiger partial charge in [-0.1, -0.05) is 32.4 Å². The first-order valence-electron chi connectivity index (χ1n) is 7.22. The molecule has 0 radical (unpaired) electrons. The number of unbranched alkanes of at least 4 members (excludes halogenated alkanes) is 1. The van der Waals surface area contributed by atoms with Gasteiger partial charge in [0.05, 0.1) is 4.90 Å². The fourth-order valence-corrected chi connectivity index (χ4v) is 4.00. The molecule has 1 rings (SSSR count). The summed E-state index contributed by atoms with van der Waals surface area (Å²) in [7, 11) is -1.53. The fraction of sp³-hybridized carbons (Fsp3) is 0.600. The predicted octanol–water partition coefficient (Wildman–Crippen LogP) is 2.53. The standard InChI is InChI=1S/C15H26N2O2S/c1-5-7-11-17(6-2)20(18,19)15-10-8-9-14(12-16-4)13(15)3/h8-10,16H,5-7,11-12H2,1-4H3. The van der Waals surface area contributed by atoms with Crippen molar-refractivity contribution in [1.82, 2.24) is 9.62 Å². The fourth-order valence-electron chi connectivity index (χ4n) is 2.24. The molecule has 114 valence electrons. The van der Waals surface area contributed by atoms with Crippen LogP contribution in [0.2, 0.25) is 0 Å². The lowest BCUT2D eigenvalue weighted by Crippen LogP contribution is -2.32. The smallest absolute Gasteiger partial charge is 0.243 e. The maximum absolute atomic E-state index is 12.8. The van der Waals surface area contributed by atoms with Gasteiger partial charge < -0.3 is 5.32 Å². The van der Waals surface area contributed by atoms with Crippen LogP contribution in [-0.4, -0.2) is 32.9 Å². The third-order valence-corrected chi connectivity index (χ3v) is 5.61. The number of nitrogens with one attached hydrogen (secondary N) is 1. The Hall–Kier alpha value is -0.910. The highest BCUT2D eigenvalue weighted by atomic mass is 32.2. The summed E-state index contributed by atoms with van der Waals surface area (Å²) in [5, 5.41) is 3.07. The highest BCUT2D eigenvalue weighted by Gasteiger charge is 2.24. The minimum absolute atomic E-state index is 0.434. The molecule has 1 N–H and O–H groups in total. The molecule has 0 spiro atoms. The van der Waals surface area contributed by atoms with E-state index in [4.69, 9.17) is 0 Å². The summed E-state index contributed by atoms with van der Waals surface area (Å²) >= 11 is 0. The van der Waals surface area contributed by atoms with E-state index < -0.39 is 10.0 Å². The van der Waals surface area contributed by atoms with Crippen LogP contribution in [-0.2, 0) is 16.6 Å². The van der Waals surface area contributed by atoms with Gasteiger partial charge >= 0.3 is 0 Å². The van der Waals surface area contributed by atoms with Gasteiger partial charge in [-0.05, 0) is 37.6 Å². The molecule has 0 bridgehead atoms. The van der Waals surface area contributed by atoms with Crippen LogP contribution >= 0.6 is 0 Å². The summed E-state index contributed by atoms with van der Waals surface area (Å²) in [4.78, 5) is 0.434. The third-order valence-electron chi connectivity index (χ3n) is 3.50. The Kier molecular flexibility index (Phi) is 6.65. The minimum atomic E-state index is -3.39. The highest BCUT2D eigenvalue weighted by molar-refractivity contribution is 7.89. The zero-order valence-corrected chi connectivity index (χ0v) is 13.8. The molecule has 1 aromatic rings. The first-order chi connectivity index (χ1) is 9.48. The van der Waals surface area contributed by atoms with Crippen molar-refractivity contribution in [2.24, 2.45) is 0 Å². The van der Waals surface area contributed by atoms with Crippen LogP contribution in [0.1, 0.15) is 37.8 Å². The summed E-state index contributed by atoms with van der Waals surface area (Å²) in [5.74, 6) is 0. The van der Waals surface area contributed by atoms with E-state index in [0.29, 0.717) is 24.5 Å². The topological polar surface area (TPSA) is 49.4 Å². The van der Waals surface area contributed by atoms with Crippen LogP contribution in [0.25, 0.3) is 0 Å². The molecule has 0 aromatic heterocycles. The lowest BCUT2D eigenvalue weighted by Gasteiger charge is -2.22. The molecule has 0 aliphatic heterocycles. The van der Waals surface area contributed by atoms with Gasteiger partial charge in [-0.25, -0.2) is 8.42 Å². The zero-order valence-electron chi connectivity index (χ0n) is 12.9. The molecule has 20 heavy (non-hydrogen) atoms. The Morgan fingerprint density at radius 2 is 1.95 bits per heavy atom. The average molecular weight is 298 g/mol. The average Bonchev–Trinajstić information content (AvgIpc) is 2.41. The first kappa shape index (κ1) is 17.1. The summed E-state index contributed by atoms with van der Waals surface area (Å²) in [6.45, 7) is 7.62. The van der Waals surface area contributed by atoms with Gasteiger partial charge in [-0.15, -0.1) is 0 Å². The van der Waals surface area contributed by atoms with Crippen molar-refractivity contribution in [2.45, 2.75) is 45.1 Å². The molecule has 0 fully saturated rings. The van der Waals surface area contributed by atoms with Gasteiger partial charge in [0.25, 0.3) is 0 Å². The lowest BCUT2D eigenvalue weighted by molar-refractivity contribution is 0.418. The van der Waals surface area contributed by atoms with Gasteiger partial charge in [0, 0.05) is 19.6 Å². The molecule has 0 aliphatic rings. The molecule has 4 nitrogen and oxygen atoms in total. The van der Waals surface area contributed by atoms with Crippen molar-refractivity contribution in [2.75, 3.05) is 20.1 Å². The van der Waals surface area contributed by atoms with Gasteiger partial charge in [0.1, 0.15) is 0 Å². The normalized spacial score (nSPS) is 12.1. The van der Waals surface area contributed by atoms with E-state index in [1.165, 1.54) is 0 Å². The van der Waals surface area contributed by atoms with Gasteiger partial charge in [0.2, 0.25) is 10.0 Å². The summed E-state index contributed by atoms with van der Waals surface area (Å²) in [5.41, 5.74) is 1.87. The van der Waals surface area contributed by atoms with Crippen LogP contribution in [0.15, 0.2) is 23.1 Å². The Bertz CT molecular complexity index is 527. The van der Waals surface area contributed by atoms with Gasteiger partial charge in [0.15, 0.2) is 0 Å². The van der Waals surface area contributed by atoms with E-state index in [9.17, 15) is 8.42 Å². The Balaban J connectivity index is 3.17. The second-order valence-corrected chi connectivity index (χ2v) is 6.83. The minimum Gasteiger partial charge on any atom is -0.316 e. The Labute approximate surface area is 123 Å². The quantitative estimate of drug-likeness (QED) is 0.802. The van der Waals surface area contributed by atoms with Crippen molar-refractivity contribution >= 4 is 10.0 Å². The SMILES string of the molecule is CCCCN(CC)S(=O)(=O)c1cccc(CNC)c1C. The molecule has 0 saturated carbocycles. The molecule has 0 amide bonds. The molecule has 5 heteroatoms. The van der Waals surface area contributed by atoms with E-state index in [0.717, 1.165) is 24.0 Å². The van der Waals surface area contributed by atoms with Crippen LogP contribution < -0.4 is 5.32 Å². The molecular weight excluding hydrogens is 272 g/mol. The van der Waals surface area contributed by atoms with Crippen molar-refractivity contribution in [3.05, 3.63) is 29.3 Å². The number of hydrogen-bond acceptors (Lipinski definition) is 3. The maximum atomic E-state index is 12.8. The molecule has 0 saturated heterocycles. The zero-order chi connectivity index (χ0) is 15.2. The van der Waals surface area contributed by atoms with Crippen LogP contribution in [0.4, 0.5) is 0 Å². The monoisotopic (exact) mass is 298 g/mol. The summed E-state index contributed by atoms with van der Waals surface area (Å²) in [6, 6.07) is 5.49. The van der Waals surface area contributed by atoms with E-state index in [-0.39, 0.29) is 0 Å². The molecule has 0 atom stereocenters. The Morgan fingerprint density at radius 3 is 2.50 bits per heavy atom. The summed E-state index contributed by atoms with van der Waals surface area (Å²) in [6.07, 6.45) is 1.88. The Morgan fingerprint density at radius 1 is 1.25 bits per heavy atom. The van der Waals surface area contributed by atoms with Crippen LogP contribution in [0.3, 0.4) is 0 Å². The van der Waals surface area contributed by atoms with Crippen molar-refractivity contribution in [1.29, 1.82) is 0 Å².